The van der Waals surface area contributed by atoms with Gasteiger partial charge in [-0.3, -0.25) is 9.48 Å². The monoisotopic (exact) mass is 438 g/mol. The Labute approximate surface area is 183 Å². The quantitative estimate of drug-likeness (QED) is 0.484. The van der Waals surface area contributed by atoms with Crippen LogP contribution in [0.2, 0.25) is 0 Å². The van der Waals surface area contributed by atoms with Gasteiger partial charge in [-0.05, 0) is 23.8 Å². The van der Waals surface area contributed by atoms with E-state index < -0.39 is 5.82 Å². The van der Waals surface area contributed by atoms with Crippen LogP contribution in [-0.2, 0) is 18.3 Å². The molecule has 11 heteroatoms. The topological polar surface area (TPSA) is 121 Å². The normalized spacial score (nSPS) is 13.6. The molecule has 3 heterocycles. The Balaban J connectivity index is 1.50. The van der Waals surface area contributed by atoms with Crippen LogP contribution in [0.5, 0.6) is 0 Å². The van der Waals surface area contributed by atoms with E-state index in [0.717, 1.165) is 11.9 Å². The molecule has 3 aromatic rings. The van der Waals surface area contributed by atoms with Gasteiger partial charge in [-0.2, -0.15) is 10.1 Å². The van der Waals surface area contributed by atoms with Gasteiger partial charge in [0, 0.05) is 50.9 Å². The summed E-state index contributed by atoms with van der Waals surface area (Å²) in [6, 6.07) is 4.27. The molecule has 0 aliphatic carbocycles. The van der Waals surface area contributed by atoms with Crippen LogP contribution in [-0.4, -0.2) is 63.1 Å². The first-order chi connectivity index (χ1) is 15.5. The summed E-state index contributed by atoms with van der Waals surface area (Å²) in [6.45, 7) is 2.14. The highest BCUT2D eigenvalue weighted by Crippen LogP contribution is 2.18. The fourth-order valence-corrected chi connectivity index (χ4v) is 3.32. The van der Waals surface area contributed by atoms with Gasteiger partial charge in [0.05, 0.1) is 30.7 Å². The Morgan fingerprint density at radius 1 is 1.28 bits per heavy atom. The molecule has 1 aliphatic rings. The fourth-order valence-electron chi connectivity index (χ4n) is 3.32. The van der Waals surface area contributed by atoms with Crippen LogP contribution < -0.4 is 10.6 Å². The molecule has 0 saturated carbocycles. The van der Waals surface area contributed by atoms with Crippen molar-refractivity contribution < 1.29 is 13.9 Å². The second-order valence-electron chi connectivity index (χ2n) is 7.28. The Morgan fingerprint density at radius 2 is 2.09 bits per heavy atom. The maximum Gasteiger partial charge on any atom is 0.254 e. The number of carbonyl (C=O) groups is 1. The molecule has 1 aliphatic heterocycles. The molecule has 10 nitrogen and oxygen atoms in total. The highest BCUT2D eigenvalue weighted by atomic mass is 19.1. The zero-order valence-corrected chi connectivity index (χ0v) is 17.5. The lowest BCUT2D eigenvalue weighted by atomic mass is 10.1. The van der Waals surface area contributed by atoms with E-state index >= 15 is 0 Å². The van der Waals surface area contributed by atoms with Crippen LogP contribution >= 0.6 is 0 Å². The number of nitrogens with one attached hydrogen (secondary N) is 3. The van der Waals surface area contributed by atoms with Crippen molar-refractivity contribution in [3.8, 4) is 0 Å². The summed E-state index contributed by atoms with van der Waals surface area (Å²) in [5.41, 5.74) is 2.07. The number of aromatic nitrogens is 4. The van der Waals surface area contributed by atoms with E-state index in [1.54, 1.807) is 35.1 Å². The second-order valence-corrected chi connectivity index (χ2v) is 7.28. The van der Waals surface area contributed by atoms with Crippen LogP contribution in [0.4, 0.5) is 21.8 Å². The Bertz CT molecular complexity index is 1130. The maximum absolute atomic E-state index is 14.2. The smallest absolute Gasteiger partial charge is 0.254 e. The predicted octanol–water partition coefficient (Wildman–Crippen LogP) is 2.17. The molecule has 0 spiro atoms. The van der Waals surface area contributed by atoms with Crippen LogP contribution in [0.3, 0.4) is 0 Å². The van der Waals surface area contributed by atoms with Crippen molar-refractivity contribution >= 4 is 29.6 Å². The van der Waals surface area contributed by atoms with Crippen molar-refractivity contribution in [2.45, 2.75) is 6.54 Å². The third kappa shape index (κ3) is 5.06. The molecule has 32 heavy (non-hydrogen) atoms. The Hall–Kier alpha value is -3.86. The number of hydrogen-bond donors (Lipinski definition) is 3. The molecule has 0 atom stereocenters. The van der Waals surface area contributed by atoms with E-state index in [1.165, 1.54) is 18.3 Å². The van der Waals surface area contributed by atoms with Gasteiger partial charge < -0.3 is 25.7 Å². The minimum absolute atomic E-state index is 0.214. The van der Waals surface area contributed by atoms with Gasteiger partial charge in [0.1, 0.15) is 11.6 Å². The largest absolute Gasteiger partial charge is 0.378 e. The van der Waals surface area contributed by atoms with Crippen molar-refractivity contribution in [3.05, 3.63) is 59.3 Å². The third-order valence-electron chi connectivity index (χ3n) is 4.90. The summed E-state index contributed by atoms with van der Waals surface area (Å²) in [5, 5.41) is 17.8. The molecule has 166 valence electrons. The first kappa shape index (κ1) is 21.4. The average Bonchev–Trinajstić information content (AvgIpc) is 3.22. The number of carbonyl (C=O) groups excluding carboxylic acids is 1. The van der Waals surface area contributed by atoms with Crippen molar-refractivity contribution in [1.82, 2.24) is 24.6 Å². The van der Waals surface area contributed by atoms with E-state index in [-0.39, 0.29) is 18.0 Å². The number of nitrogens with zero attached hydrogens (tertiary/aromatic N) is 5. The summed E-state index contributed by atoms with van der Waals surface area (Å²) >= 11 is 0. The molecule has 1 saturated heterocycles. The summed E-state index contributed by atoms with van der Waals surface area (Å²) in [6.07, 6.45) is 6.07. The molecule has 0 bridgehead atoms. The number of rotatable bonds is 7. The van der Waals surface area contributed by atoms with Crippen LogP contribution in [0, 0.1) is 11.2 Å². The number of amides is 1. The van der Waals surface area contributed by atoms with Gasteiger partial charge in [0.15, 0.2) is 0 Å². The SMILES string of the molecule is Cn1cc(Nc2ncc(C=N)c(NCc3cc(F)cc(C(=O)N4CCOCC4)c3)n2)cn1. The van der Waals surface area contributed by atoms with Crippen molar-refractivity contribution in [2.24, 2.45) is 7.05 Å². The lowest BCUT2D eigenvalue weighted by Crippen LogP contribution is -2.40. The van der Waals surface area contributed by atoms with Crippen molar-refractivity contribution in [3.63, 3.8) is 0 Å². The van der Waals surface area contributed by atoms with E-state index in [4.69, 9.17) is 10.1 Å². The summed E-state index contributed by atoms with van der Waals surface area (Å²) in [7, 11) is 1.80. The van der Waals surface area contributed by atoms with Crippen molar-refractivity contribution in [2.75, 3.05) is 36.9 Å². The lowest BCUT2D eigenvalue weighted by Gasteiger charge is -2.27. The lowest BCUT2D eigenvalue weighted by molar-refractivity contribution is 0.0302. The zero-order valence-electron chi connectivity index (χ0n) is 17.5. The Kier molecular flexibility index (Phi) is 6.36. The van der Waals surface area contributed by atoms with Gasteiger partial charge in [0.25, 0.3) is 5.91 Å². The van der Waals surface area contributed by atoms with E-state index in [9.17, 15) is 9.18 Å². The van der Waals surface area contributed by atoms with Gasteiger partial charge in [-0.25, -0.2) is 9.37 Å². The number of ether oxygens (including phenoxy) is 1. The first-order valence-corrected chi connectivity index (χ1v) is 10.1. The molecule has 1 aromatic carbocycles. The molecule has 3 N–H and O–H groups in total. The minimum Gasteiger partial charge on any atom is -0.378 e. The number of benzene rings is 1. The molecule has 2 aromatic heterocycles. The molecular weight excluding hydrogens is 415 g/mol. The summed E-state index contributed by atoms with van der Waals surface area (Å²) in [5.74, 6) is 0.0225. The van der Waals surface area contributed by atoms with Crippen LogP contribution in [0.1, 0.15) is 21.5 Å². The number of aryl methyl sites for hydroxylation is 1. The minimum atomic E-state index is -0.491. The highest BCUT2D eigenvalue weighted by Gasteiger charge is 2.19. The van der Waals surface area contributed by atoms with Gasteiger partial charge in [-0.15, -0.1) is 0 Å². The Morgan fingerprint density at radius 3 is 2.81 bits per heavy atom. The van der Waals surface area contributed by atoms with Crippen LogP contribution in [0.25, 0.3) is 0 Å². The summed E-state index contributed by atoms with van der Waals surface area (Å²) < 4.78 is 21.2. The standard InChI is InChI=1S/C21H23FN8O2/c1-29-13-18(12-26-29)27-21-25-11-16(9-23)19(28-21)24-10-14-6-15(8-17(22)7-14)20(31)30-2-4-32-5-3-30/h6-9,11-13,23H,2-5,10H2,1H3,(H2,24,25,27,28). The number of anilines is 3. The highest BCUT2D eigenvalue weighted by molar-refractivity contribution is 5.94. The van der Waals surface area contributed by atoms with E-state index in [2.05, 4.69) is 25.7 Å². The third-order valence-corrected chi connectivity index (χ3v) is 4.90. The number of hydrogen-bond acceptors (Lipinski definition) is 8. The number of halogens is 1. The molecule has 1 fully saturated rings. The number of morpholine rings is 1. The van der Waals surface area contributed by atoms with Crippen LogP contribution in [0.15, 0.2) is 36.8 Å². The first-order valence-electron chi connectivity index (χ1n) is 10.1. The van der Waals surface area contributed by atoms with Crippen molar-refractivity contribution in [1.29, 1.82) is 5.41 Å². The van der Waals surface area contributed by atoms with Gasteiger partial charge in [-0.1, -0.05) is 0 Å². The zero-order chi connectivity index (χ0) is 22.5. The van der Waals surface area contributed by atoms with E-state index in [1.807, 2.05) is 0 Å². The molecule has 1 amide bonds. The fraction of sp³-hybridized carbons (Fsp3) is 0.286. The predicted molar refractivity (Wildman–Crippen MR) is 117 cm³/mol. The van der Waals surface area contributed by atoms with E-state index in [0.29, 0.717) is 49.2 Å². The molecular formula is C21H23FN8O2. The van der Waals surface area contributed by atoms with Gasteiger partial charge >= 0.3 is 0 Å². The molecule has 4 rings (SSSR count). The molecule has 0 unspecified atom stereocenters. The summed E-state index contributed by atoms with van der Waals surface area (Å²) in [4.78, 5) is 23.0. The average molecular weight is 438 g/mol. The van der Waals surface area contributed by atoms with Gasteiger partial charge in [0.2, 0.25) is 5.95 Å². The second kappa shape index (κ2) is 9.52. The maximum atomic E-state index is 14.2. The molecule has 0 radical (unpaired) electrons.